The normalized spacial score (nSPS) is 13.9. The highest BCUT2D eigenvalue weighted by molar-refractivity contribution is 7.99. The summed E-state index contributed by atoms with van der Waals surface area (Å²) in [6.45, 7) is 4.12. The molecule has 0 unspecified atom stereocenters. The highest BCUT2D eigenvalue weighted by atomic mass is 32.2. The van der Waals surface area contributed by atoms with Crippen molar-refractivity contribution >= 4 is 23.4 Å². The summed E-state index contributed by atoms with van der Waals surface area (Å²) in [6.07, 6.45) is 2.41. The second-order valence-corrected chi connectivity index (χ2v) is 6.65. The lowest BCUT2D eigenvalue weighted by atomic mass is 10.3. The number of carbonyl (C=O) groups excluding carboxylic acids is 1. The molecule has 6 heteroatoms. The quantitative estimate of drug-likeness (QED) is 0.822. The first-order chi connectivity index (χ1) is 11.1. The van der Waals surface area contributed by atoms with E-state index in [0.717, 1.165) is 10.9 Å². The fourth-order valence-corrected chi connectivity index (χ4v) is 3.48. The van der Waals surface area contributed by atoms with Crippen LogP contribution in [0.15, 0.2) is 29.4 Å². The maximum Gasteiger partial charge on any atom is 0.234 e. The van der Waals surface area contributed by atoms with Crippen LogP contribution in [-0.2, 0) is 4.79 Å². The second-order valence-electron chi connectivity index (χ2n) is 5.70. The van der Waals surface area contributed by atoms with Gasteiger partial charge in [-0.05, 0) is 38.8 Å². The number of nitrogens with zero attached hydrogens (tertiary/aromatic N) is 2. The largest absolute Gasteiger partial charge is 0.495 e. The number of imidazole rings is 1. The van der Waals surface area contributed by atoms with Gasteiger partial charge in [0.15, 0.2) is 5.16 Å². The van der Waals surface area contributed by atoms with Gasteiger partial charge in [0.05, 0.1) is 24.2 Å². The number of nitrogens with one attached hydrogen (secondary N) is 1. The Bertz CT molecular complexity index is 723. The summed E-state index contributed by atoms with van der Waals surface area (Å²) in [5, 5.41) is 3.84. The van der Waals surface area contributed by atoms with E-state index >= 15 is 0 Å². The minimum absolute atomic E-state index is 0.0554. The fourth-order valence-electron chi connectivity index (χ4n) is 2.52. The molecular weight excluding hydrogens is 310 g/mol. The molecule has 23 heavy (non-hydrogen) atoms. The standard InChI is InChI=1S/C17H21N3O2S/c1-11-12(2)20(13-8-9-13)17(18-11)23-10-16(21)19-14-6-4-5-7-15(14)22-3/h4-7,13H,8-10H2,1-3H3,(H,19,21). The summed E-state index contributed by atoms with van der Waals surface area (Å²) in [5.74, 6) is 0.942. The van der Waals surface area contributed by atoms with Crippen molar-refractivity contribution < 1.29 is 9.53 Å². The van der Waals surface area contributed by atoms with Crippen LogP contribution in [0.2, 0.25) is 0 Å². The summed E-state index contributed by atoms with van der Waals surface area (Å²) < 4.78 is 7.52. The van der Waals surface area contributed by atoms with E-state index in [2.05, 4.69) is 21.8 Å². The van der Waals surface area contributed by atoms with Gasteiger partial charge < -0.3 is 14.6 Å². The molecule has 0 radical (unpaired) electrons. The molecule has 1 fully saturated rings. The molecule has 1 aliphatic carbocycles. The number of anilines is 1. The molecule has 0 bridgehead atoms. The van der Waals surface area contributed by atoms with Crippen molar-refractivity contribution in [2.75, 3.05) is 18.2 Å². The van der Waals surface area contributed by atoms with Crippen molar-refractivity contribution in [2.24, 2.45) is 0 Å². The summed E-state index contributed by atoms with van der Waals surface area (Å²) in [7, 11) is 1.59. The Morgan fingerprint density at radius 1 is 1.39 bits per heavy atom. The summed E-state index contributed by atoms with van der Waals surface area (Å²) in [4.78, 5) is 16.8. The lowest BCUT2D eigenvalue weighted by Crippen LogP contribution is -2.15. The molecule has 122 valence electrons. The Morgan fingerprint density at radius 3 is 2.83 bits per heavy atom. The number of thioether (sulfide) groups is 1. The first-order valence-electron chi connectivity index (χ1n) is 7.71. The fraction of sp³-hybridized carbons (Fsp3) is 0.412. The zero-order valence-corrected chi connectivity index (χ0v) is 14.4. The molecule has 0 atom stereocenters. The Kier molecular flexibility index (Phi) is 4.61. The minimum Gasteiger partial charge on any atom is -0.495 e. The van der Waals surface area contributed by atoms with E-state index in [1.807, 2.05) is 31.2 Å². The van der Waals surface area contributed by atoms with Gasteiger partial charge in [-0.2, -0.15) is 0 Å². The van der Waals surface area contributed by atoms with Gasteiger partial charge in [0.25, 0.3) is 0 Å². The van der Waals surface area contributed by atoms with Crippen molar-refractivity contribution in [2.45, 2.75) is 37.9 Å². The van der Waals surface area contributed by atoms with Crippen molar-refractivity contribution in [3.63, 3.8) is 0 Å². The Balaban J connectivity index is 1.64. The SMILES string of the molecule is COc1ccccc1NC(=O)CSc1nc(C)c(C)n1C1CC1. The number of ether oxygens (including phenoxy) is 1. The van der Waals surface area contributed by atoms with E-state index in [0.29, 0.717) is 23.2 Å². The number of amides is 1. The smallest absolute Gasteiger partial charge is 0.234 e. The zero-order chi connectivity index (χ0) is 16.4. The zero-order valence-electron chi connectivity index (χ0n) is 13.6. The van der Waals surface area contributed by atoms with Crippen molar-refractivity contribution in [3.05, 3.63) is 35.7 Å². The highest BCUT2D eigenvalue weighted by Gasteiger charge is 2.28. The van der Waals surface area contributed by atoms with Crippen LogP contribution >= 0.6 is 11.8 Å². The third-order valence-electron chi connectivity index (χ3n) is 3.98. The predicted octanol–water partition coefficient (Wildman–Crippen LogP) is 3.57. The third kappa shape index (κ3) is 3.52. The minimum atomic E-state index is -0.0554. The van der Waals surface area contributed by atoms with Gasteiger partial charge in [-0.3, -0.25) is 4.79 Å². The van der Waals surface area contributed by atoms with Crippen LogP contribution in [0.3, 0.4) is 0 Å². The molecule has 1 aromatic heterocycles. The summed E-state index contributed by atoms with van der Waals surface area (Å²) >= 11 is 1.49. The number of para-hydroxylation sites is 2. The van der Waals surface area contributed by atoms with Gasteiger partial charge in [0, 0.05) is 11.7 Å². The molecule has 1 heterocycles. The van der Waals surface area contributed by atoms with Crippen molar-refractivity contribution in [1.29, 1.82) is 0 Å². The third-order valence-corrected chi connectivity index (χ3v) is 4.93. The monoisotopic (exact) mass is 331 g/mol. The average Bonchev–Trinajstić information content (AvgIpc) is 3.33. The lowest BCUT2D eigenvalue weighted by molar-refractivity contribution is -0.113. The van der Waals surface area contributed by atoms with E-state index in [9.17, 15) is 4.79 Å². The van der Waals surface area contributed by atoms with Crippen LogP contribution < -0.4 is 10.1 Å². The van der Waals surface area contributed by atoms with Crippen LogP contribution in [0.25, 0.3) is 0 Å². The molecule has 1 N–H and O–H groups in total. The molecule has 1 aliphatic rings. The number of rotatable bonds is 6. The number of carbonyl (C=O) groups is 1. The van der Waals surface area contributed by atoms with E-state index in [1.165, 1.54) is 30.3 Å². The summed E-state index contributed by atoms with van der Waals surface area (Å²) in [5.41, 5.74) is 2.95. The Hall–Kier alpha value is -1.95. The first-order valence-corrected chi connectivity index (χ1v) is 8.69. The van der Waals surface area contributed by atoms with Crippen molar-refractivity contribution in [3.8, 4) is 5.75 Å². The number of hydrogen-bond acceptors (Lipinski definition) is 4. The summed E-state index contributed by atoms with van der Waals surface area (Å²) in [6, 6.07) is 7.98. The van der Waals surface area contributed by atoms with Gasteiger partial charge in [0.1, 0.15) is 5.75 Å². The molecule has 0 saturated heterocycles. The van der Waals surface area contributed by atoms with Crippen LogP contribution in [0, 0.1) is 13.8 Å². The van der Waals surface area contributed by atoms with Gasteiger partial charge in [-0.15, -0.1) is 0 Å². The number of benzene rings is 1. The first kappa shape index (κ1) is 15.9. The molecule has 2 aromatic rings. The maximum atomic E-state index is 12.2. The van der Waals surface area contributed by atoms with Crippen LogP contribution in [0.1, 0.15) is 30.3 Å². The molecule has 0 spiro atoms. The highest BCUT2D eigenvalue weighted by Crippen LogP contribution is 2.40. The number of methoxy groups -OCH3 is 1. The van der Waals surface area contributed by atoms with E-state index in [1.54, 1.807) is 7.11 Å². The topological polar surface area (TPSA) is 56.1 Å². The molecule has 0 aliphatic heterocycles. The molecule has 1 aromatic carbocycles. The van der Waals surface area contributed by atoms with E-state index in [-0.39, 0.29) is 5.91 Å². The Morgan fingerprint density at radius 2 is 2.13 bits per heavy atom. The number of aryl methyl sites for hydroxylation is 1. The predicted molar refractivity (Wildman–Crippen MR) is 92.3 cm³/mol. The van der Waals surface area contributed by atoms with E-state index < -0.39 is 0 Å². The molecule has 1 amide bonds. The molecular formula is C17H21N3O2S. The van der Waals surface area contributed by atoms with Gasteiger partial charge >= 0.3 is 0 Å². The molecule has 5 nitrogen and oxygen atoms in total. The van der Waals surface area contributed by atoms with Crippen molar-refractivity contribution in [1.82, 2.24) is 9.55 Å². The molecule has 1 saturated carbocycles. The Labute approximate surface area is 140 Å². The van der Waals surface area contributed by atoms with Gasteiger partial charge in [0.2, 0.25) is 5.91 Å². The maximum absolute atomic E-state index is 12.2. The van der Waals surface area contributed by atoms with Crippen LogP contribution in [0.5, 0.6) is 5.75 Å². The van der Waals surface area contributed by atoms with Crippen LogP contribution in [0.4, 0.5) is 5.69 Å². The second kappa shape index (κ2) is 6.66. The van der Waals surface area contributed by atoms with Gasteiger partial charge in [-0.25, -0.2) is 4.98 Å². The van der Waals surface area contributed by atoms with Gasteiger partial charge in [-0.1, -0.05) is 23.9 Å². The molecule has 3 rings (SSSR count). The average molecular weight is 331 g/mol. The lowest BCUT2D eigenvalue weighted by Gasteiger charge is -2.10. The number of aromatic nitrogens is 2. The number of hydrogen-bond donors (Lipinski definition) is 1. The van der Waals surface area contributed by atoms with E-state index in [4.69, 9.17) is 4.74 Å². The van der Waals surface area contributed by atoms with Crippen LogP contribution in [-0.4, -0.2) is 28.3 Å².